The molecule has 1 rings (SSSR count). The van der Waals surface area contributed by atoms with Crippen LogP contribution in [0, 0.1) is 0 Å². The lowest BCUT2D eigenvalue weighted by Crippen LogP contribution is -2.38. The van der Waals surface area contributed by atoms with Gasteiger partial charge < -0.3 is 20.3 Å². The fourth-order valence-electron chi connectivity index (χ4n) is 1.93. The minimum absolute atomic E-state index is 0.0871. The van der Waals surface area contributed by atoms with Crippen LogP contribution in [0.4, 0.5) is 0 Å². The van der Waals surface area contributed by atoms with Crippen LogP contribution in [-0.2, 0) is 14.3 Å². The number of methoxy groups -OCH3 is 1. The van der Waals surface area contributed by atoms with Crippen LogP contribution >= 0.6 is 0 Å². The molecule has 1 aliphatic carbocycles. The topological polar surface area (TPSA) is 81.8 Å². The number of hydrogen-bond acceptors (Lipinski definition) is 5. The molecule has 3 atom stereocenters. The number of ether oxygens (including phenoxy) is 2. The fraction of sp³-hybridized carbons (Fsp3) is 0.909. The van der Waals surface area contributed by atoms with E-state index in [1.807, 2.05) is 0 Å². The summed E-state index contributed by atoms with van der Waals surface area (Å²) in [5, 5.41) is 8.66. The third kappa shape index (κ3) is 4.08. The average Bonchev–Trinajstić information content (AvgIpc) is 2.29. The third-order valence-corrected chi connectivity index (χ3v) is 2.94. The van der Waals surface area contributed by atoms with E-state index in [-0.39, 0.29) is 25.2 Å². The van der Waals surface area contributed by atoms with E-state index in [9.17, 15) is 4.79 Å². The normalized spacial score (nSPS) is 27.4. The molecule has 0 heterocycles. The number of rotatable bonds is 5. The Morgan fingerprint density at radius 3 is 2.81 bits per heavy atom. The molecule has 0 aromatic heterocycles. The van der Waals surface area contributed by atoms with E-state index in [2.05, 4.69) is 0 Å². The molecule has 2 unspecified atom stereocenters. The number of hydrogen-bond donors (Lipinski definition) is 2. The molecule has 0 aromatic carbocycles. The van der Waals surface area contributed by atoms with Gasteiger partial charge in [-0.15, -0.1) is 0 Å². The highest BCUT2D eigenvalue weighted by atomic mass is 16.5. The van der Waals surface area contributed by atoms with Crippen molar-refractivity contribution in [1.82, 2.24) is 0 Å². The summed E-state index contributed by atoms with van der Waals surface area (Å²) >= 11 is 0. The molecule has 16 heavy (non-hydrogen) atoms. The highest BCUT2D eigenvalue weighted by Crippen LogP contribution is 2.23. The molecule has 3 N–H and O–H groups in total. The molecule has 1 saturated carbocycles. The van der Waals surface area contributed by atoms with Gasteiger partial charge in [0.05, 0.1) is 6.10 Å². The van der Waals surface area contributed by atoms with Crippen LogP contribution in [0.3, 0.4) is 0 Å². The second-order valence-corrected chi connectivity index (χ2v) is 4.20. The van der Waals surface area contributed by atoms with Crippen LogP contribution in [0.1, 0.15) is 32.1 Å². The van der Waals surface area contributed by atoms with E-state index in [0.717, 1.165) is 25.7 Å². The molecule has 0 amide bonds. The quantitative estimate of drug-likeness (QED) is 0.660. The van der Waals surface area contributed by atoms with Crippen molar-refractivity contribution in [3.63, 3.8) is 0 Å². The molecule has 0 bridgehead atoms. The number of nitrogens with two attached hydrogens (primary N) is 1. The maximum absolute atomic E-state index is 11.5. The van der Waals surface area contributed by atoms with Crippen molar-refractivity contribution in [2.75, 3.05) is 13.7 Å². The Morgan fingerprint density at radius 2 is 2.19 bits per heavy atom. The molecule has 0 aliphatic heterocycles. The molecule has 5 heteroatoms. The van der Waals surface area contributed by atoms with Gasteiger partial charge in [0.15, 0.2) is 0 Å². The van der Waals surface area contributed by atoms with E-state index in [4.69, 9.17) is 20.3 Å². The summed E-state index contributed by atoms with van der Waals surface area (Å²) in [6.07, 6.45) is 3.99. The summed E-state index contributed by atoms with van der Waals surface area (Å²) in [6, 6.07) is -0.715. The van der Waals surface area contributed by atoms with Gasteiger partial charge in [0, 0.05) is 20.1 Å². The average molecular weight is 231 g/mol. The van der Waals surface area contributed by atoms with Crippen LogP contribution in [0.15, 0.2) is 0 Å². The molecule has 94 valence electrons. The Balaban J connectivity index is 2.32. The molecular weight excluding hydrogens is 210 g/mol. The van der Waals surface area contributed by atoms with Gasteiger partial charge in [-0.1, -0.05) is 0 Å². The summed E-state index contributed by atoms with van der Waals surface area (Å²) < 4.78 is 10.5. The van der Waals surface area contributed by atoms with Crippen LogP contribution in [0.2, 0.25) is 0 Å². The molecule has 0 radical (unpaired) electrons. The third-order valence-electron chi connectivity index (χ3n) is 2.94. The molecule has 1 fully saturated rings. The van der Waals surface area contributed by atoms with Gasteiger partial charge in [-0.2, -0.15) is 0 Å². The fourth-order valence-corrected chi connectivity index (χ4v) is 1.93. The monoisotopic (exact) mass is 231 g/mol. The van der Waals surface area contributed by atoms with Gasteiger partial charge in [-0.25, -0.2) is 0 Å². The van der Waals surface area contributed by atoms with Crippen molar-refractivity contribution in [3.8, 4) is 0 Å². The molecule has 5 nitrogen and oxygen atoms in total. The lowest BCUT2D eigenvalue weighted by atomic mass is 9.95. The second-order valence-electron chi connectivity index (χ2n) is 4.20. The molecular formula is C11H21NO4. The summed E-state index contributed by atoms with van der Waals surface area (Å²) in [4.78, 5) is 11.5. The first-order chi connectivity index (χ1) is 7.67. The highest BCUT2D eigenvalue weighted by molar-refractivity contribution is 5.75. The Kier molecular flexibility index (Phi) is 5.73. The van der Waals surface area contributed by atoms with Gasteiger partial charge in [-0.05, 0) is 25.7 Å². The predicted octanol–water partition coefficient (Wildman–Crippen LogP) is 0.197. The highest BCUT2D eigenvalue weighted by Gasteiger charge is 2.26. The number of esters is 1. The first-order valence-corrected chi connectivity index (χ1v) is 5.77. The Hall–Kier alpha value is -0.650. The van der Waals surface area contributed by atoms with Crippen LogP contribution in [0.25, 0.3) is 0 Å². The standard InChI is InChI=1S/C11H21NO4/c1-15-8-3-2-4-9(7-8)16-11(14)10(12)5-6-13/h8-10,13H,2-7,12H2,1H3/t8?,9?,10-/m0/s1. The van der Waals surface area contributed by atoms with Gasteiger partial charge in [0.2, 0.25) is 0 Å². The van der Waals surface area contributed by atoms with Crippen LogP contribution < -0.4 is 5.73 Å². The molecule has 1 aliphatic rings. The van der Waals surface area contributed by atoms with Crippen molar-refractivity contribution in [1.29, 1.82) is 0 Å². The van der Waals surface area contributed by atoms with Crippen molar-refractivity contribution < 1.29 is 19.4 Å². The summed E-state index contributed by atoms with van der Waals surface area (Å²) in [7, 11) is 1.67. The van der Waals surface area contributed by atoms with Gasteiger partial charge in [0.25, 0.3) is 0 Å². The number of aliphatic hydroxyl groups excluding tert-OH is 1. The Morgan fingerprint density at radius 1 is 1.50 bits per heavy atom. The predicted molar refractivity (Wildman–Crippen MR) is 58.8 cm³/mol. The zero-order valence-corrected chi connectivity index (χ0v) is 9.72. The summed E-state index contributed by atoms with van der Waals surface area (Å²) in [6.45, 7) is -0.0956. The largest absolute Gasteiger partial charge is 0.461 e. The zero-order chi connectivity index (χ0) is 12.0. The molecule has 0 spiro atoms. The van der Waals surface area contributed by atoms with E-state index in [1.54, 1.807) is 7.11 Å². The maximum Gasteiger partial charge on any atom is 0.323 e. The Bertz CT molecular complexity index is 222. The lowest BCUT2D eigenvalue weighted by Gasteiger charge is -2.28. The Labute approximate surface area is 95.9 Å². The maximum atomic E-state index is 11.5. The first kappa shape index (κ1) is 13.4. The summed E-state index contributed by atoms with van der Waals surface area (Å²) in [5.74, 6) is -0.421. The van der Waals surface area contributed by atoms with Crippen molar-refractivity contribution in [2.24, 2.45) is 5.73 Å². The van der Waals surface area contributed by atoms with E-state index < -0.39 is 12.0 Å². The van der Waals surface area contributed by atoms with Crippen molar-refractivity contribution >= 4 is 5.97 Å². The van der Waals surface area contributed by atoms with E-state index in [1.165, 1.54) is 0 Å². The molecule has 0 aromatic rings. The SMILES string of the molecule is COC1CCCC(OC(=O)[C@@H](N)CCO)C1. The summed E-state index contributed by atoms with van der Waals surface area (Å²) in [5.41, 5.74) is 5.55. The number of carbonyl (C=O) groups excluding carboxylic acids is 1. The zero-order valence-electron chi connectivity index (χ0n) is 9.72. The van der Waals surface area contributed by atoms with E-state index >= 15 is 0 Å². The minimum atomic E-state index is -0.715. The smallest absolute Gasteiger partial charge is 0.323 e. The molecule has 0 saturated heterocycles. The van der Waals surface area contributed by atoms with Crippen molar-refractivity contribution in [2.45, 2.75) is 50.4 Å². The van der Waals surface area contributed by atoms with Gasteiger partial charge in [0.1, 0.15) is 12.1 Å². The van der Waals surface area contributed by atoms with Gasteiger partial charge >= 0.3 is 5.97 Å². The first-order valence-electron chi connectivity index (χ1n) is 5.77. The number of aliphatic hydroxyl groups is 1. The van der Waals surface area contributed by atoms with Crippen molar-refractivity contribution in [3.05, 3.63) is 0 Å². The van der Waals surface area contributed by atoms with E-state index in [0.29, 0.717) is 0 Å². The number of carbonyl (C=O) groups is 1. The lowest BCUT2D eigenvalue weighted by molar-refractivity contribution is -0.154. The van der Waals surface area contributed by atoms with Crippen LogP contribution in [-0.4, -0.2) is 43.0 Å². The second kappa shape index (κ2) is 6.83. The van der Waals surface area contributed by atoms with Gasteiger partial charge in [-0.3, -0.25) is 4.79 Å². The minimum Gasteiger partial charge on any atom is -0.461 e. The van der Waals surface area contributed by atoms with Crippen LogP contribution in [0.5, 0.6) is 0 Å².